The van der Waals surface area contributed by atoms with E-state index in [0.29, 0.717) is 6.42 Å². The van der Waals surface area contributed by atoms with Gasteiger partial charge in [0, 0.05) is 13.3 Å². The number of allylic oxidation sites excluding steroid dienone is 2. The Morgan fingerprint density at radius 1 is 0.700 bits per heavy atom. The normalized spacial score (nSPS) is 14.6. The molecule has 10 nitrogen and oxygen atoms in total. The predicted molar refractivity (Wildman–Crippen MR) is 155 cm³/mol. The Morgan fingerprint density at radius 2 is 1.12 bits per heavy atom. The number of carbonyl (C=O) groups excluding carboxylic acids is 2. The molecule has 11 heteroatoms. The number of phosphoric acid groups is 1. The van der Waals surface area contributed by atoms with Gasteiger partial charge in [0.05, 0.1) is 26.4 Å². The van der Waals surface area contributed by atoms with E-state index in [2.05, 4.69) is 23.6 Å². The molecular formula is C29H55O10P. The molecule has 236 valence electrons. The molecular weight excluding hydrogens is 539 g/mol. The van der Waals surface area contributed by atoms with Gasteiger partial charge in [-0.05, 0) is 32.1 Å². The first-order chi connectivity index (χ1) is 19.2. The maximum absolute atomic E-state index is 12.0. The van der Waals surface area contributed by atoms with Gasteiger partial charge >= 0.3 is 19.8 Å². The fourth-order valence-electron chi connectivity index (χ4n) is 3.99. The first kappa shape index (κ1) is 38.7. The summed E-state index contributed by atoms with van der Waals surface area (Å²) in [7, 11) is -4.58. The van der Waals surface area contributed by atoms with Crippen molar-refractivity contribution < 1.29 is 47.8 Å². The lowest BCUT2D eigenvalue weighted by atomic mass is 10.1. The average molecular weight is 595 g/mol. The van der Waals surface area contributed by atoms with Crippen LogP contribution in [-0.4, -0.2) is 65.7 Å². The second-order valence-electron chi connectivity index (χ2n) is 10.2. The van der Waals surface area contributed by atoms with Gasteiger partial charge in [0.1, 0.15) is 12.2 Å². The lowest BCUT2D eigenvalue weighted by Gasteiger charge is -2.20. The zero-order chi connectivity index (χ0) is 29.9. The van der Waals surface area contributed by atoms with Crippen molar-refractivity contribution in [2.24, 2.45) is 0 Å². The van der Waals surface area contributed by atoms with E-state index in [-0.39, 0.29) is 6.42 Å². The molecule has 0 bridgehead atoms. The Balaban J connectivity index is 3.76. The van der Waals surface area contributed by atoms with Crippen LogP contribution in [0.4, 0.5) is 0 Å². The molecule has 0 aliphatic carbocycles. The number of hydrogen-bond donors (Lipinski definition) is 3. The summed E-state index contributed by atoms with van der Waals surface area (Å²) >= 11 is 0. The Morgan fingerprint density at radius 3 is 1.57 bits per heavy atom. The molecule has 3 atom stereocenters. The first-order valence-corrected chi connectivity index (χ1v) is 16.6. The minimum Gasteiger partial charge on any atom is -0.458 e. The summed E-state index contributed by atoms with van der Waals surface area (Å²) < 4.78 is 31.2. The van der Waals surface area contributed by atoms with E-state index in [0.717, 1.165) is 32.6 Å². The Kier molecular flexibility index (Phi) is 25.7. The van der Waals surface area contributed by atoms with Crippen molar-refractivity contribution in [3.8, 4) is 0 Å². The van der Waals surface area contributed by atoms with Gasteiger partial charge in [-0.2, -0.15) is 0 Å². The van der Waals surface area contributed by atoms with Gasteiger partial charge in [-0.15, -0.1) is 0 Å². The molecule has 0 radical (unpaired) electrons. The van der Waals surface area contributed by atoms with Gasteiger partial charge in [0.2, 0.25) is 0 Å². The lowest BCUT2D eigenvalue weighted by molar-refractivity contribution is -0.153. The van der Waals surface area contributed by atoms with E-state index in [1.54, 1.807) is 0 Å². The molecule has 3 unspecified atom stereocenters. The summed E-state index contributed by atoms with van der Waals surface area (Å²) in [5, 5.41) is 18.5. The van der Waals surface area contributed by atoms with Gasteiger partial charge in [-0.3, -0.25) is 18.6 Å². The molecule has 0 aromatic heterocycles. The predicted octanol–water partition coefficient (Wildman–Crippen LogP) is 6.16. The first-order valence-electron chi connectivity index (χ1n) is 15.1. The molecule has 3 N–H and O–H groups in total. The molecule has 0 fully saturated rings. The van der Waals surface area contributed by atoms with Crippen LogP contribution in [0.1, 0.15) is 123 Å². The third-order valence-electron chi connectivity index (χ3n) is 6.28. The summed E-state index contributed by atoms with van der Waals surface area (Å²) in [5.41, 5.74) is 0. The lowest BCUT2D eigenvalue weighted by Crippen LogP contribution is -2.28. The fourth-order valence-corrected chi connectivity index (χ4v) is 4.77. The summed E-state index contributed by atoms with van der Waals surface area (Å²) in [6.07, 6.45) is 21.7. The minimum absolute atomic E-state index is 0.188. The number of aliphatic hydroxyl groups excluding tert-OH is 2. The van der Waals surface area contributed by atoms with Crippen molar-refractivity contribution in [3.63, 3.8) is 0 Å². The van der Waals surface area contributed by atoms with Crippen molar-refractivity contribution in [1.82, 2.24) is 0 Å². The molecule has 0 aromatic carbocycles. The Hall–Kier alpha value is -1.29. The van der Waals surface area contributed by atoms with E-state index in [4.69, 9.17) is 19.1 Å². The van der Waals surface area contributed by atoms with Gasteiger partial charge < -0.3 is 24.6 Å². The second-order valence-corrected chi connectivity index (χ2v) is 11.6. The molecule has 0 saturated carbocycles. The van der Waals surface area contributed by atoms with Crippen molar-refractivity contribution in [1.29, 1.82) is 0 Å². The largest absolute Gasteiger partial charge is 0.472 e. The third kappa shape index (κ3) is 25.7. The van der Waals surface area contributed by atoms with Crippen molar-refractivity contribution >= 4 is 19.8 Å². The SMILES string of the molecule is CCCCCCCCC/C=C\CCCCCCCCCC(=O)OC(CO)COP(=O)(O)OCC(CO)OC(C)=O. The highest BCUT2D eigenvalue weighted by molar-refractivity contribution is 7.47. The number of unbranched alkanes of at least 4 members (excludes halogenated alkanes) is 14. The van der Waals surface area contributed by atoms with Crippen LogP contribution in [0, 0.1) is 0 Å². The highest BCUT2D eigenvalue weighted by Gasteiger charge is 2.27. The van der Waals surface area contributed by atoms with Crippen LogP contribution in [0.25, 0.3) is 0 Å². The number of ether oxygens (including phenoxy) is 2. The highest BCUT2D eigenvalue weighted by atomic mass is 31.2. The maximum atomic E-state index is 12.0. The van der Waals surface area contributed by atoms with Crippen molar-refractivity contribution in [3.05, 3.63) is 12.2 Å². The quantitative estimate of drug-likeness (QED) is 0.0416. The molecule has 0 spiro atoms. The second kappa shape index (κ2) is 26.6. The van der Waals surface area contributed by atoms with E-state index in [9.17, 15) is 24.2 Å². The smallest absolute Gasteiger partial charge is 0.458 e. The van der Waals surface area contributed by atoms with E-state index in [1.165, 1.54) is 70.6 Å². The van der Waals surface area contributed by atoms with Crippen LogP contribution in [-0.2, 0) is 32.7 Å². The highest BCUT2D eigenvalue weighted by Crippen LogP contribution is 2.43. The van der Waals surface area contributed by atoms with E-state index < -0.39 is 58.4 Å². The number of carbonyl (C=O) groups is 2. The topological polar surface area (TPSA) is 149 Å². The van der Waals surface area contributed by atoms with Gasteiger partial charge in [-0.25, -0.2) is 4.57 Å². The average Bonchev–Trinajstić information content (AvgIpc) is 2.92. The van der Waals surface area contributed by atoms with E-state index >= 15 is 0 Å². The summed E-state index contributed by atoms with van der Waals surface area (Å²) in [6, 6.07) is 0. The maximum Gasteiger partial charge on any atom is 0.472 e. The number of esters is 2. The number of hydrogen-bond acceptors (Lipinski definition) is 9. The minimum atomic E-state index is -4.58. The molecule has 40 heavy (non-hydrogen) atoms. The van der Waals surface area contributed by atoms with Gasteiger partial charge in [-0.1, -0.05) is 89.7 Å². The van der Waals surface area contributed by atoms with Crippen molar-refractivity contribution in [2.45, 2.75) is 135 Å². The third-order valence-corrected chi connectivity index (χ3v) is 7.23. The van der Waals surface area contributed by atoms with Crippen LogP contribution in [0.3, 0.4) is 0 Å². The Bertz CT molecular complexity index is 700. The van der Waals surface area contributed by atoms with Crippen molar-refractivity contribution in [2.75, 3.05) is 26.4 Å². The molecule has 0 aliphatic rings. The van der Waals surface area contributed by atoms with Crippen LogP contribution < -0.4 is 0 Å². The molecule has 0 saturated heterocycles. The van der Waals surface area contributed by atoms with Crippen LogP contribution in [0.2, 0.25) is 0 Å². The van der Waals surface area contributed by atoms with Crippen LogP contribution in [0.5, 0.6) is 0 Å². The zero-order valence-corrected chi connectivity index (χ0v) is 25.7. The number of rotatable bonds is 28. The summed E-state index contributed by atoms with van der Waals surface area (Å²) in [5.74, 6) is -1.20. The van der Waals surface area contributed by atoms with E-state index in [1.807, 2.05) is 0 Å². The summed E-state index contributed by atoms with van der Waals surface area (Å²) in [4.78, 5) is 32.6. The number of aliphatic hydroxyl groups is 2. The fraction of sp³-hybridized carbons (Fsp3) is 0.862. The van der Waals surface area contributed by atoms with Crippen LogP contribution in [0.15, 0.2) is 12.2 Å². The van der Waals surface area contributed by atoms with Gasteiger partial charge in [0.15, 0.2) is 0 Å². The molecule has 0 rings (SSSR count). The number of phosphoric ester groups is 1. The monoisotopic (exact) mass is 594 g/mol. The standard InChI is InChI=1S/C29H55O10P/c1-3-4-5-6-7-8-9-10-11-12-13-14-15-16-17-18-19-20-21-29(33)39-28(23-31)25-37-40(34,35)36-24-27(22-30)38-26(2)32/h11-12,27-28,30-31H,3-10,13-25H2,1-2H3,(H,34,35)/b12-11-. The molecule has 0 aliphatic heterocycles. The summed E-state index contributed by atoms with van der Waals surface area (Å²) in [6.45, 7) is 1.06. The van der Waals surface area contributed by atoms with Crippen LogP contribution >= 0.6 is 7.82 Å². The molecule has 0 amide bonds. The van der Waals surface area contributed by atoms with Gasteiger partial charge in [0.25, 0.3) is 0 Å². The molecule has 0 aromatic rings. The Labute approximate surface area is 241 Å². The molecule has 0 heterocycles. The zero-order valence-electron chi connectivity index (χ0n) is 24.8.